The minimum absolute atomic E-state index is 0.00268. The average Bonchev–Trinajstić information content (AvgIpc) is 2.86. The minimum atomic E-state index is -1.24. The first-order valence-electron chi connectivity index (χ1n) is 13.3. The number of benzene rings is 1. The average molecular weight is 536 g/mol. The first-order chi connectivity index (χ1) is 17.9. The summed E-state index contributed by atoms with van der Waals surface area (Å²) >= 11 is 0. The van der Waals surface area contributed by atoms with Gasteiger partial charge < -0.3 is 37.6 Å². The molecule has 1 aromatic carbocycles. The van der Waals surface area contributed by atoms with Crippen molar-refractivity contribution in [3.8, 4) is 5.75 Å². The topological polar surface area (TPSA) is 197 Å². The van der Waals surface area contributed by atoms with E-state index < -0.39 is 47.9 Å². The molecule has 5 atom stereocenters. The highest BCUT2D eigenvalue weighted by molar-refractivity contribution is 5.94. The number of carbonyl (C=O) groups excluding carboxylic acids is 3. The fourth-order valence-corrected chi connectivity index (χ4v) is 3.91. The van der Waals surface area contributed by atoms with E-state index in [9.17, 15) is 29.4 Å². The number of phenolic OH excluding ortho intramolecular Hbond substituents is 1. The van der Waals surface area contributed by atoms with E-state index in [1.165, 1.54) is 12.1 Å². The quantitative estimate of drug-likeness (QED) is 0.143. The third kappa shape index (κ3) is 11.5. The highest BCUT2D eigenvalue weighted by atomic mass is 16.4. The lowest BCUT2D eigenvalue weighted by atomic mass is 9.96. The molecule has 0 aromatic heterocycles. The normalized spacial score (nSPS) is 15.1. The first-order valence-corrected chi connectivity index (χ1v) is 13.3. The summed E-state index contributed by atoms with van der Waals surface area (Å²) < 4.78 is 0. The Morgan fingerprint density at radius 3 is 2.03 bits per heavy atom. The maximum absolute atomic E-state index is 13.3. The van der Waals surface area contributed by atoms with Crippen molar-refractivity contribution in [2.75, 3.05) is 6.54 Å². The first kappa shape index (κ1) is 32.8. The maximum atomic E-state index is 13.3. The molecule has 0 saturated carbocycles. The van der Waals surface area contributed by atoms with Crippen LogP contribution in [0, 0.1) is 11.8 Å². The monoisotopic (exact) mass is 535 g/mol. The van der Waals surface area contributed by atoms with Crippen molar-refractivity contribution in [2.45, 2.75) is 90.4 Å². The highest BCUT2D eigenvalue weighted by Gasteiger charge is 2.32. The summed E-state index contributed by atoms with van der Waals surface area (Å²) in [6, 6.07) is 2.07. The number of rotatable bonds is 17. The molecule has 1 aromatic rings. The van der Waals surface area contributed by atoms with E-state index in [0.29, 0.717) is 31.4 Å². The van der Waals surface area contributed by atoms with Crippen LogP contribution in [0.4, 0.5) is 0 Å². The summed E-state index contributed by atoms with van der Waals surface area (Å²) in [4.78, 5) is 51.0. The summed E-state index contributed by atoms with van der Waals surface area (Å²) in [6.07, 6.45) is 2.73. The van der Waals surface area contributed by atoms with Crippen LogP contribution in [-0.2, 0) is 25.6 Å². The Morgan fingerprint density at radius 1 is 0.895 bits per heavy atom. The third-order valence-electron chi connectivity index (χ3n) is 6.43. The Kier molecular flexibility index (Phi) is 14.4. The Hall–Kier alpha value is -3.18. The number of amides is 3. The van der Waals surface area contributed by atoms with Gasteiger partial charge in [0.05, 0.1) is 6.04 Å². The van der Waals surface area contributed by atoms with Gasteiger partial charge in [0.15, 0.2) is 0 Å². The van der Waals surface area contributed by atoms with Crippen LogP contribution in [0.25, 0.3) is 0 Å². The van der Waals surface area contributed by atoms with Gasteiger partial charge in [-0.1, -0.05) is 52.7 Å². The predicted octanol–water partition coefficient (Wildman–Crippen LogP) is 1.02. The van der Waals surface area contributed by atoms with Crippen LogP contribution < -0.4 is 27.4 Å². The van der Waals surface area contributed by atoms with Gasteiger partial charge in [0, 0.05) is 6.42 Å². The number of nitrogens with two attached hydrogens (primary N) is 2. The van der Waals surface area contributed by atoms with Gasteiger partial charge in [-0.25, -0.2) is 4.79 Å². The van der Waals surface area contributed by atoms with Crippen LogP contribution in [-0.4, -0.2) is 64.6 Å². The zero-order valence-electron chi connectivity index (χ0n) is 22.9. The van der Waals surface area contributed by atoms with Gasteiger partial charge in [-0.05, 0) is 55.3 Å². The van der Waals surface area contributed by atoms with E-state index in [4.69, 9.17) is 11.5 Å². The van der Waals surface area contributed by atoms with E-state index in [2.05, 4.69) is 16.0 Å². The molecule has 0 aliphatic rings. The number of unbranched alkanes of at least 4 members (excludes halogenated alkanes) is 1. The molecule has 0 spiro atoms. The molecule has 214 valence electrons. The molecule has 5 unspecified atom stereocenters. The van der Waals surface area contributed by atoms with Crippen molar-refractivity contribution in [3.05, 3.63) is 29.8 Å². The standard InChI is InChI=1S/C27H45N5O6/c1-5-17(4)23(32-24(34)20(29)8-6-7-13-28)26(36)30-21(14-16(2)3)25(35)31-22(27(37)38)15-18-9-11-19(33)12-10-18/h9-12,16-17,20-23,33H,5-8,13-15,28-29H2,1-4H3,(H,30,36)(H,31,35)(H,32,34)(H,37,38). The van der Waals surface area contributed by atoms with Crippen molar-refractivity contribution in [3.63, 3.8) is 0 Å². The Morgan fingerprint density at radius 2 is 1.50 bits per heavy atom. The molecule has 1 rings (SSSR count). The summed E-state index contributed by atoms with van der Waals surface area (Å²) in [6.45, 7) is 7.97. The van der Waals surface area contributed by atoms with E-state index in [1.54, 1.807) is 12.1 Å². The second-order valence-corrected chi connectivity index (χ2v) is 10.2. The second kappa shape index (κ2) is 16.6. The van der Waals surface area contributed by atoms with Crippen LogP contribution in [0.1, 0.15) is 65.4 Å². The molecule has 0 bridgehead atoms. The molecule has 11 heteroatoms. The molecule has 0 radical (unpaired) electrons. The summed E-state index contributed by atoms with van der Waals surface area (Å²) in [5.74, 6) is -3.03. The van der Waals surface area contributed by atoms with Gasteiger partial charge in [0.1, 0.15) is 23.9 Å². The minimum Gasteiger partial charge on any atom is -0.508 e. The highest BCUT2D eigenvalue weighted by Crippen LogP contribution is 2.14. The van der Waals surface area contributed by atoms with Crippen molar-refractivity contribution in [1.82, 2.24) is 16.0 Å². The van der Waals surface area contributed by atoms with Crippen molar-refractivity contribution in [2.24, 2.45) is 23.3 Å². The smallest absolute Gasteiger partial charge is 0.326 e. The summed E-state index contributed by atoms with van der Waals surface area (Å²) in [7, 11) is 0. The largest absolute Gasteiger partial charge is 0.508 e. The summed E-state index contributed by atoms with van der Waals surface area (Å²) in [5, 5.41) is 27.1. The van der Waals surface area contributed by atoms with Gasteiger partial charge in [-0.15, -0.1) is 0 Å². The van der Waals surface area contributed by atoms with Crippen LogP contribution in [0.3, 0.4) is 0 Å². The number of phenols is 1. The molecule has 0 fully saturated rings. The van der Waals surface area contributed by atoms with Gasteiger partial charge in [0.2, 0.25) is 17.7 Å². The zero-order valence-corrected chi connectivity index (χ0v) is 22.9. The van der Waals surface area contributed by atoms with E-state index in [-0.39, 0.29) is 30.4 Å². The lowest BCUT2D eigenvalue weighted by Gasteiger charge is -2.28. The fourth-order valence-electron chi connectivity index (χ4n) is 3.91. The number of nitrogens with one attached hydrogen (secondary N) is 3. The van der Waals surface area contributed by atoms with Gasteiger partial charge in [-0.2, -0.15) is 0 Å². The van der Waals surface area contributed by atoms with Crippen molar-refractivity contribution in [1.29, 1.82) is 0 Å². The third-order valence-corrected chi connectivity index (χ3v) is 6.43. The van der Waals surface area contributed by atoms with E-state index >= 15 is 0 Å². The molecule has 0 heterocycles. The Labute approximate surface area is 225 Å². The summed E-state index contributed by atoms with van der Waals surface area (Å²) in [5.41, 5.74) is 12.1. The molecular formula is C27H45N5O6. The molecule has 11 nitrogen and oxygen atoms in total. The SMILES string of the molecule is CCC(C)C(NC(=O)C(N)CCCCN)C(=O)NC(CC(C)C)C(=O)NC(Cc1ccc(O)cc1)C(=O)O. The lowest BCUT2D eigenvalue weighted by molar-refractivity contribution is -0.142. The van der Waals surface area contributed by atoms with E-state index in [0.717, 1.165) is 6.42 Å². The van der Waals surface area contributed by atoms with Crippen molar-refractivity contribution >= 4 is 23.7 Å². The zero-order chi connectivity index (χ0) is 28.8. The Balaban J connectivity index is 2.99. The van der Waals surface area contributed by atoms with Gasteiger partial charge >= 0.3 is 5.97 Å². The second-order valence-electron chi connectivity index (χ2n) is 10.2. The van der Waals surface area contributed by atoms with Gasteiger partial charge in [0.25, 0.3) is 0 Å². The molecule has 0 saturated heterocycles. The molecule has 0 aliphatic carbocycles. The Bertz CT molecular complexity index is 908. The number of carboxylic acids is 1. The molecular weight excluding hydrogens is 490 g/mol. The lowest BCUT2D eigenvalue weighted by Crippen LogP contribution is -2.59. The number of aliphatic carboxylic acids is 1. The van der Waals surface area contributed by atoms with Crippen LogP contribution in [0.2, 0.25) is 0 Å². The number of carboxylic acid groups (broad SMARTS) is 1. The van der Waals surface area contributed by atoms with E-state index in [1.807, 2.05) is 27.7 Å². The molecule has 0 aliphatic heterocycles. The predicted molar refractivity (Wildman–Crippen MR) is 145 cm³/mol. The van der Waals surface area contributed by atoms with Crippen LogP contribution in [0.15, 0.2) is 24.3 Å². The molecule has 3 amide bonds. The van der Waals surface area contributed by atoms with Gasteiger partial charge in [-0.3, -0.25) is 14.4 Å². The maximum Gasteiger partial charge on any atom is 0.326 e. The molecule has 9 N–H and O–H groups in total. The number of hydrogen-bond acceptors (Lipinski definition) is 7. The van der Waals surface area contributed by atoms with Crippen LogP contribution >= 0.6 is 0 Å². The number of carbonyl (C=O) groups is 4. The molecule has 38 heavy (non-hydrogen) atoms. The number of aromatic hydroxyl groups is 1. The fraction of sp³-hybridized carbons (Fsp3) is 0.630. The van der Waals surface area contributed by atoms with Crippen molar-refractivity contribution < 1.29 is 29.4 Å². The van der Waals surface area contributed by atoms with Crippen LogP contribution in [0.5, 0.6) is 5.75 Å². The number of hydrogen-bond donors (Lipinski definition) is 7.